The Morgan fingerprint density at radius 3 is 2.67 bits per heavy atom. The molecule has 1 saturated heterocycles. The minimum Gasteiger partial charge on any atom is -0.525 e. The molecule has 68 valence electrons. The number of nitrogens with zero attached hydrogens (tertiary/aromatic N) is 1. The van der Waals surface area contributed by atoms with Crippen LogP contribution in [0.4, 0.5) is 0 Å². The molecule has 3 heteroatoms. The van der Waals surface area contributed by atoms with E-state index in [-0.39, 0.29) is 12.5 Å². The molecule has 0 bridgehead atoms. The van der Waals surface area contributed by atoms with Crippen molar-refractivity contribution in [3.63, 3.8) is 0 Å². The van der Waals surface area contributed by atoms with Crippen molar-refractivity contribution in [1.29, 1.82) is 0 Å². The largest absolute Gasteiger partial charge is 0.525 e. The Hall–Kier alpha value is -0.570. The molecule has 0 aromatic heterocycles. The van der Waals surface area contributed by atoms with Gasteiger partial charge in [0, 0.05) is 6.04 Å². The van der Waals surface area contributed by atoms with Crippen LogP contribution in [-0.2, 0) is 9.53 Å². The van der Waals surface area contributed by atoms with E-state index in [0.29, 0.717) is 6.04 Å². The molecule has 2 fully saturated rings. The van der Waals surface area contributed by atoms with Gasteiger partial charge in [0.2, 0.25) is 5.91 Å². The zero-order chi connectivity index (χ0) is 8.39. The lowest BCUT2D eigenvalue weighted by Crippen LogP contribution is -2.36. The number of carbonyl (C=O) groups is 1. The SMILES string of the molecule is O=C1CO[CH-]N1C1CCCCC1. The number of hydrogen-bond acceptors (Lipinski definition) is 2. The van der Waals surface area contributed by atoms with Crippen LogP contribution < -0.4 is 0 Å². The van der Waals surface area contributed by atoms with E-state index in [4.69, 9.17) is 4.74 Å². The molecule has 2 rings (SSSR count). The standard InChI is InChI=1S/C9H14NO2/c11-9-6-12-7-10(9)8-4-2-1-3-5-8/h7-8H,1-6H2/q-1. The van der Waals surface area contributed by atoms with Gasteiger partial charge in [-0.3, -0.25) is 4.79 Å². The fourth-order valence-corrected chi connectivity index (χ4v) is 1.97. The summed E-state index contributed by atoms with van der Waals surface area (Å²) in [5, 5.41) is 0. The van der Waals surface area contributed by atoms with Crippen LogP contribution in [0.2, 0.25) is 0 Å². The summed E-state index contributed by atoms with van der Waals surface area (Å²) in [5.74, 6) is 0.127. The lowest BCUT2D eigenvalue weighted by molar-refractivity contribution is -0.128. The van der Waals surface area contributed by atoms with Crippen LogP contribution >= 0.6 is 0 Å². The van der Waals surface area contributed by atoms with Gasteiger partial charge in [0.25, 0.3) is 0 Å². The third kappa shape index (κ3) is 1.46. The summed E-state index contributed by atoms with van der Waals surface area (Å²) >= 11 is 0. The molecule has 3 nitrogen and oxygen atoms in total. The summed E-state index contributed by atoms with van der Waals surface area (Å²) in [6.07, 6.45) is 6.11. The van der Waals surface area contributed by atoms with Crippen LogP contribution in [-0.4, -0.2) is 23.5 Å². The van der Waals surface area contributed by atoms with Crippen molar-refractivity contribution in [2.24, 2.45) is 0 Å². The number of amides is 1. The van der Waals surface area contributed by atoms with Gasteiger partial charge in [-0.05, 0) is 12.8 Å². The van der Waals surface area contributed by atoms with Crippen LogP contribution in [0, 0.1) is 6.73 Å². The Morgan fingerprint density at radius 1 is 1.33 bits per heavy atom. The molecule has 1 saturated carbocycles. The first kappa shape index (κ1) is 8.05. The minimum absolute atomic E-state index is 0.127. The maximum absolute atomic E-state index is 11.2. The summed E-state index contributed by atoms with van der Waals surface area (Å²) < 4.78 is 4.97. The lowest BCUT2D eigenvalue weighted by Gasteiger charge is -2.36. The second kappa shape index (κ2) is 3.44. The van der Waals surface area contributed by atoms with E-state index in [2.05, 4.69) is 0 Å². The first-order chi connectivity index (χ1) is 5.88. The zero-order valence-corrected chi connectivity index (χ0v) is 7.16. The molecule has 1 heterocycles. The van der Waals surface area contributed by atoms with Crippen LogP contribution in [0.5, 0.6) is 0 Å². The van der Waals surface area contributed by atoms with E-state index in [1.807, 2.05) is 0 Å². The van der Waals surface area contributed by atoms with Crippen molar-refractivity contribution in [3.8, 4) is 0 Å². The number of carbonyl (C=O) groups excluding carboxylic acids is 1. The normalized spacial score (nSPS) is 26.7. The Labute approximate surface area is 72.7 Å². The van der Waals surface area contributed by atoms with Gasteiger partial charge in [0.1, 0.15) is 0 Å². The topological polar surface area (TPSA) is 29.5 Å². The van der Waals surface area contributed by atoms with E-state index in [1.165, 1.54) is 19.3 Å². The van der Waals surface area contributed by atoms with Crippen molar-refractivity contribution in [1.82, 2.24) is 4.90 Å². The highest BCUT2D eigenvalue weighted by molar-refractivity contribution is 5.79. The van der Waals surface area contributed by atoms with Crippen molar-refractivity contribution in [3.05, 3.63) is 6.73 Å². The second-order valence-electron chi connectivity index (χ2n) is 3.51. The van der Waals surface area contributed by atoms with Crippen LogP contribution in [0.25, 0.3) is 0 Å². The Balaban J connectivity index is 1.93. The van der Waals surface area contributed by atoms with E-state index in [9.17, 15) is 4.79 Å². The summed E-state index contributed by atoms with van der Waals surface area (Å²) in [4.78, 5) is 13.0. The van der Waals surface area contributed by atoms with Crippen molar-refractivity contribution in [2.45, 2.75) is 38.1 Å². The molecule has 0 N–H and O–H groups in total. The van der Waals surface area contributed by atoms with Gasteiger partial charge in [-0.2, -0.15) is 0 Å². The predicted molar refractivity (Wildman–Crippen MR) is 44.0 cm³/mol. The highest BCUT2D eigenvalue weighted by Crippen LogP contribution is 2.25. The van der Waals surface area contributed by atoms with Gasteiger partial charge in [-0.15, -0.1) is 6.73 Å². The van der Waals surface area contributed by atoms with Crippen LogP contribution in [0.15, 0.2) is 0 Å². The van der Waals surface area contributed by atoms with Crippen molar-refractivity contribution in [2.75, 3.05) is 6.61 Å². The Kier molecular flexibility index (Phi) is 2.30. The third-order valence-electron chi connectivity index (χ3n) is 2.65. The second-order valence-corrected chi connectivity index (χ2v) is 3.51. The van der Waals surface area contributed by atoms with Crippen LogP contribution in [0.3, 0.4) is 0 Å². The number of hydrogen-bond donors (Lipinski definition) is 0. The molecule has 2 aliphatic rings. The smallest absolute Gasteiger partial charge is 0.218 e. The van der Waals surface area contributed by atoms with E-state index < -0.39 is 0 Å². The first-order valence-electron chi connectivity index (χ1n) is 4.64. The van der Waals surface area contributed by atoms with Crippen molar-refractivity contribution < 1.29 is 9.53 Å². The van der Waals surface area contributed by atoms with Crippen LogP contribution in [0.1, 0.15) is 32.1 Å². The van der Waals surface area contributed by atoms with Crippen molar-refractivity contribution >= 4 is 5.91 Å². The molecule has 1 amide bonds. The van der Waals surface area contributed by atoms with E-state index in [0.717, 1.165) is 12.8 Å². The molecule has 0 radical (unpaired) electrons. The summed E-state index contributed by atoms with van der Waals surface area (Å²) in [7, 11) is 0. The molecular formula is C9H14NO2-. The number of ether oxygens (including phenoxy) is 1. The van der Waals surface area contributed by atoms with Gasteiger partial charge in [0.15, 0.2) is 0 Å². The maximum atomic E-state index is 11.2. The quantitative estimate of drug-likeness (QED) is 0.552. The predicted octanol–water partition coefficient (Wildman–Crippen LogP) is 1.30. The fourth-order valence-electron chi connectivity index (χ4n) is 1.97. The Morgan fingerprint density at radius 2 is 2.08 bits per heavy atom. The molecule has 0 spiro atoms. The van der Waals surface area contributed by atoms with E-state index >= 15 is 0 Å². The molecule has 0 atom stereocenters. The summed E-state index contributed by atoms with van der Waals surface area (Å²) in [5.41, 5.74) is 0. The highest BCUT2D eigenvalue weighted by Gasteiger charge is 2.22. The highest BCUT2D eigenvalue weighted by atomic mass is 16.5. The fraction of sp³-hybridized carbons (Fsp3) is 0.778. The summed E-state index contributed by atoms with van der Waals surface area (Å²) in [6.45, 7) is 1.84. The lowest BCUT2D eigenvalue weighted by atomic mass is 9.94. The van der Waals surface area contributed by atoms with Gasteiger partial charge in [-0.25, -0.2) is 0 Å². The van der Waals surface area contributed by atoms with Gasteiger partial charge in [0.05, 0.1) is 6.61 Å². The number of rotatable bonds is 1. The average Bonchev–Trinajstić information content (AvgIpc) is 2.53. The monoisotopic (exact) mass is 168 g/mol. The van der Waals surface area contributed by atoms with Gasteiger partial charge >= 0.3 is 0 Å². The first-order valence-corrected chi connectivity index (χ1v) is 4.64. The molecule has 0 unspecified atom stereocenters. The molecule has 1 aliphatic heterocycles. The van der Waals surface area contributed by atoms with Gasteiger partial charge < -0.3 is 9.64 Å². The maximum Gasteiger partial charge on any atom is 0.218 e. The molecule has 0 aromatic rings. The molecule has 1 aliphatic carbocycles. The van der Waals surface area contributed by atoms with Gasteiger partial charge in [-0.1, -0.05) is 19.3 Å². The molecular weight excluding hydrogens is 154 g/mol. The Bertz CT molecular complexity index is 175. The zero-order valence-electron chi connectivity index (χ0n) is 7.16. The summed E-state index contributed by atoms with van der Waals surface area (Å²) in [6, 6.07) is 0.425. The van der Waals surface area contributed by atoms with E-state index in [1.54, 1.807) is 11.6 Å². The third-order valence-corrected chi connectivity index (χ3v) is 2.65. The minimum atomic E-state index is 0.127. The average molecular weight is 168 g/mol. The molecule has 12 heavy (non-hydrogen) atoms. The molecule has 0 aromatic carbocycles.